The molecule has 0 aliphatic heterocycles. The summed E-state index contributed by atoms with van der Waals surface area (Å²) in [7, 11) is 1.91. The van der Waals surface area contributed by atoms with Crippen LogP contribution in [0, 0.1) is 5.82 Å². The van der Waals surface area contributed by atoms with Gasteiger partial charge >= 0.3 is 0 Å². The number of hydrogen-bond acceptors (Lipinski definition) is 5. The lowest BCUT2D eigenvalue weighted by Gasteiger charge is -2.12. The summed E-state index contributed by atoms with van der Waals surface area (Å²) in [6.45, 7) is 2.66. The molecule has 0 saturated carbocycles. The van der Waals surface area contributed by atoms with Gasteiger partial charge in [0, 0.05) is 35.8 Å². The van der Waals surface area contributed by atoms with E-state index in [1.807, 2.05) is 36.7 Å². The molecule has 5 rings (SSSR count). The van der Waals surface area contributed by atoms with Gasteiger partial charge in [-0.15, -0.1) is 0 Å². The molecule has 5 aromatic rings. The van der Waals surface area contributed by atoms with Crippen LogP contribution in [0.25, 0.3) is 33.2 Å². The second-order valence-corrected chi connectivity index (χ2v) is 7.81. The van der Waals surface area contributed by atoms with Gasteiger partial charge in [0.25, 0.3) is 5.91 Å². The van der Waals surface area contributed by atoms with Crippen LogP contribution in [0.4, 0.5) is 4.39 Å². The molecule has 170 valence electrons. The van der Waals surface area contributed by atoms with Crippen molar-refractivity contribution in [1.29, 1.82) is 0 Å². The van der Waals surface area contributed by atoms with Crippen LogP contribution in [-0.2, 0) is 13.6 Å². The molecular formula is C26H22FN5O2. The van der Waals surface area contributed by atoms with Crippen molar-refractivity contribution in [3.8, 4) is 17.0 Å². The van der Waals surface area contributed by atoms with Crippen LogP contribution in [-0.4, -0.2) is 32.0 Å². The number of ether oxygens (including phenoxy) is 1. The first-order valence-corrected chi connectivity index (χ1v) is 10.9. The Bertz CT molecular complexity index is 1510. The highest BCUT2D eigenvalue weighted by atomic mass is 19.1. The maximum absolute atomic E-state index is 13.4. The van der Waals surface area contributed by atoms with Crippen LogP contribution in [0.2, 0.25) is 0 Å². The largest absolute Gasteiger partial charge is 0.493 e. The molecule has 0 radical (unpaired) electrons. The maximum atomic E-state index is 13.4. The molecule has 2 aromatic carbocycles. The van der Waals surface area contributed by atoms with Crippen LogP contribution >= 0.6 is 0 Å². The molecule has 0 unspecified atom stereocenters. The van der Waals surface area contributed by atoms with Crippen LogP contribution in [0.3, 0.4) is 0 Å². The number of carbonyl (C=O) groups excluding carboxylic acids is 1. The molecule has 34 heavy (non-hydrogen) atoms. The van der Waals surface area contributed by atoms with Gasteiger partial charge in [-0.05, 0) is 55.5 Å². The third-order valence-electron chi connectivity index (χ3n) is 5.66. The van der Waals surface area contributed by atoms with E-state index in [0.717, 1.165) is 27.8 Å². The SMILES string of the molecule is CCOc1cc(-c2ccc(F)cc2)nc2cc(C(=O)NCc3nc4cnccc4n3C)ccc12. The molecular weight excluding hydrogens is 433 g/mol. The van der Waals surface area contributed by atoms with E-state index in [1.165, 1.54) is 12.1 Å². The Kier molecular flexibility index (Phi) is 5.63. The second kappa shape index (κ2) is 8.90. The minimum Gasteiger partial charge on any atom is -0.493 e. The van der Waals surface area contributed by atoms with Crippen LogP contribution in [0.15, 0.2) is 67.0 Å². The number of aromatic nitrogens is 4. The summed E-state index contributed by atoms with van der Waals surface area (Å²) in [6.07, 6.45) is 3.41. The zero-order chi connectivity index (χ0) is 23.7. The smallest absolute Gasteiger partial charge is 0.251 e. The zero-order valence-corrected chi connectivity index (χ0v) is 18.7. The number of hydrogen-bond donors (Lipinski definition) is 1. The zero-order valence-electron chi connectivity index (χ0n) is 18.7. The first kappa shape index (κ1) is 21.5. The highest BCUT2D eigenvalue weighted by Crippen LogP contribution is 2.31. The number of pyridine rings is 2. The summed E-state index contributed by atoms with van der Waals surface area (Å²) in [5.74, 6) is 0.837. The lowest BCUT2D eigenvalue weighted by molar-refractivity contribution is 0.0949. The fourth-order valence-electron chi connectivity index (χ4n) is 3.90. The molecule has 8 heteroatoms. The molecule has 3 heterocycles. The molecule has 0 saturated heterocycles. The van der Waals surface area contributed by atoms with Crippen LogP contribution in [0.5, 0.6) is 5.75 Å². The first-order valence-electron chi connectivity index (χ1n) is 10.9. The van der Waals surface area contributed by atoms with Gasteiger partial charge in [0.05, 0.1) is 36.1 Å². The fraction of sp³-hybridized carbons (Fsp3) is 0.154. The maximum Gasteiger partial charge on any atom is 0.251 e. The van der Waals surface area contributed by atoms with Crippen molar-refractivity contribution < 1.29 is 13.9 Å². The third kappa shape index (κ3) is 4.05. The molecule has 3 aromatic heterocycles. The molecule has 0 atom stereocenters. The van der Waals surface area contributed by atoms with E-state index in [1.54, 1.807) is 36.7 Å². The lowest BCUT2D eigenvalue weighted by Crippen LogP contribution is -2.24. The molecule has 0 bridgehead atoms. The van der Waals surface area contributed by atoms with Gasteiger partial charge < -0.3 is 14.6 Å². The first-order chi connectivity index (χ1) is 16.5. The number of amides is 1. The Morgan fingerprint density at radius 1 is 1.06 bits per heavy atom. The van der Waals surface area contributed by atoms with E-state index in [4.69, 9.17) is 9.72 Å². The molecule has 7 nitrogen and oxygen atoms in total. The number of nitrogens with one attached hydrogen (secondary N) is 1. The standard InChI is InChI=1S/C26H22FN5O2/c1-3-34-24-13-20(16-4-7-18(27)8-5-16)30-21-12-17(6-9-19(21)24)26(33)29-15-25-31-22-14-28-11-10-23(22)32(25)2/h4-14H,3,15H2,1-2H3,(H,29,33). The summed E-state index contributed by atoms with van der Waals surface area (Å²) in [5.41, 5.74) is 4.22. The normalized spacial score (nSPS) is 11.1. The van der Waals surface area contributed by atoms with Crippen molar-refractivity contribution in [2.24, 2.45) is 7.05 Å². The average molecular weight is 455 g/mol. The van der Waals surface area contributed by atoms with E-state index >= 15 is 0 Å². The van der Waals surface area contributed by atoms with E-state index < -0.39 is 0 Å². The summed E-state index contributed by atoms with van der Waals surface area (Å²) in [6, 6.07) is 15.2. The highest BCUT2D eigenvalue weighted by Gasteiger charge is 2.14. The van der Waals surface area contributed by atoms with Crippen molar-refractivity contribution in [1.82, 2.24) is 24.8 Å². The summed E-state index contributed by atoms with van der Waals surface area (Å²) in [4.78, 5) is 26.3. The molecule has 0 fully saturated rings. The predicted octanol–water partition coefficient (Wildman–Crippen LogP) is 4.65. The molecule has 1 N–H and O–H groups in total. The van der Waals surface area contributed by atoms with Gasteiger partial charge in [-0.1, -0.05) is 0 Å². The van der Waals surface area contributed by atoms with E-state index in [-0.39, 0.29) is 18.3 Å². The van der Waals surface area contributed by atoms with Crippen molar-refractivity contribution in [3.63, 3.8) is 0 Å². The monoisotopic (exact) mass is 455 g/mol. The van der Waals surface area contributed by atoms with E-state index in [2.05, 4.69) is 15.3 Å². The third-order valence-corrected chi connectivity index (χ3v) is 5.66. The Hall–Kier alpha value is -4.33. The molecule has 0 spiro atoms. The topological polar surface area (TPSA) is 81.9 Å². The number of carbonyl (C=O) groups is 1. The van der Waals surface area contributed by atoms with Gasteiger partial charge in [0.1, 0.15) is 22.9 Å². The lowest BCUT2D eigenvalue weighted by atomic mass is 10.1. The minimum absolute atomic E-state index is 0.237. The number of aryl methyl sites for hydroxylation is 1. The predicted molar refractivity (Wildman–Crippen MR) is 128 cm³/mol. The quantitative estimate of drug-likeness (QED) is 0.403. The molecule has 0 aliphatic rings. The molecule has 1 amide bonds. The highest BCUT2D eigenvalue weighted by molar-refractivity contribution is 5.99. The van der Waals surface area contributed by atoms with Gasteiger partial charge in [0.15, 0.2) is 0 Å². The Balaban J connectivity index is 1.45. The Morgan fingerprint density at radius 2 is 1.88 bits per heavy atom. The Morgan fingerprint density at radius 3 is 2.65 bits per heavy atom. The number of nitrogens with zero attached hydrogens (tertiary/aromatic N) is 4. The van der Waals surface area contributed by atoms with E-state index in [0.29, 0.717) is 29.1 Å². The van der Waals surface area contributed by atoms with Crippen molar-refractivity contribution >= 4 is 27.8 Å². The number of fused-ring (bicyclic) bond motifs is 2. The number of benzene rings is 2. The minimum atomic E-state index is -0.314. The summed E-state index contributed by atoms with van der Waals surface area (Å²) >= 11 is 0. The van der Waals surface area contributed by atoms with Crippen LogP contribution in [0.1, 0.15) is 23.1 Å². The average Bonchev–Trinajstić information content (AvgIpc) is 3.18. The van der Waals surface area contributed by atoms with Gasteiger partial charge in [-0.25, -0.2) is 14.4 Å². The van der Waals surface area contributed by atoms with Crippen LogP contribution < -0.4 is 10.1 Å². The number of imidazole rings is 1. The van der Waals surface area contributed by atoms with Gasteiger partial charge in [-0.2, -0.15) is 0 Å². The summed E-state index contributed by atoms with van der Waals surface area (Å²) in [5, 5.41) is 3.73. The fourth-order valence-corrected chi connectivity index (χ4v) is 3.90. The van der Waals surface area contributed by atoms with Crippen molar-refractivity contribution in [2.45, 2.75) is 13.5 Å². The van der Waals surface area contributed by atoms with Gasteiger partial charge in [-0.3, -0.25) is 9.78 Å². The van der Waals surface area contributed by atoms with E-state index in [9.17, 15) is 9.18 Å². The number of rotatable bonds is 6. The molecule has 0 aliphatic carbocycles. The Labute approximate surface area is 195 Å². The van der Waals surface area contributed by atoms with Crippen molar-refractivity contribution in [3.05, 3.63) is 84.2 Å². The second-order valence-electron chi connectivity index (χ2n) is 7.81. The van der Waals surface area contributed by atoms with Gasteiger partial charge in [0.2, 0.25) is 0 Å². The number of halogens is 1. The van der Waals surface area contributed by atoms with Crippen molar-refractivity contribution in [2.75, 3.05) is 6.61 Å². The summed E-state index contributed by atoms with van der Waals surface area (Å²) < 4.78 is 21.1.